The molecule has 0 bridgehead atoms. The fourth-order valence-electron chi connectivity index (χ4n) is 1.60. The second-order valence-corrected chi connectivity index (χ2v) is 3.80. The zero-order chi connectivity index (χ0) is 11.1. The molecule has 3 nitrogen and oxygen atoms in total. The lowest BCUT2D eigenvalue weighted by Crippen LogP contribution is -2.46. The molecule has 1 unspecified atom stereocenters. The first-order valence-corrected chi connectivity index (χ1v) is 5.64. The van der Waals surface area contributed by atoms with Gasteiger partial charge in [-0.3, -0.25) is 9.69 Å². The summed E-state index contributed by atoms with van der Waals surface area (Å²) in [6, 6.07) is -0.0856. The van der Waals surface area contributed by atoms with Crippen LogP contribution in [0.2, 0.25) is 0 Å². The van der Waals surface area contributed by atoms with Crippen molar-refractivity contribution in [3.63, 3.8) is 0 Å². The molecule has 0 spiro atoms. The van der Waals surface area contributed by atoms with Crippen LogP contribution in [0.1, 0.15) is 40.5 Å². The molecule has 1 amide bonds. The molecule has 0 aromatic carbocycles. The Morgan fingerprint density at radius 1 is 1.36 bits per heavy atom. The van der Waals surface area contributed by atoms with E-state index < -0.39 is 0 Å². The third-order valence-corrected chi connectivity index (χ3v) is 2.78. The maximum Gasteiger partial charge on any atom is 0.234 e. The molecule has 0 saturated carbocycles. The smallest absolute Gasteiger partial charge is 0.234 e. The molecule has 1 fully saturated rings. The minimum absolute atomic E-state index is 0.0856. The van der Waals surface area contributed by atoms with Gasteiger partial charge in [0.1, 0.15) is 0 Å². The molecular formula is C11H24N2O. The molecule has 1 heterocycles. The lowest BCUT2D eigenvalue weighted by molar-refractivity contribution is -0.123. The van der Waals surface area contributed by atoms with Crippen molar-refractivity contribution in [1.82, 2.24) is 4.90 Å². The van der Waals surface area contributed by atoms with E-state index in [1.54, 1.807) is 0 Å². The Labute approximate surface area is 87.6 Å². The van der Waals surface area contributed by atoms with Crippen LogP contribution in [-0.2, 0) is 4.79 Å². The topological polar surface area (TPSA) is 46.3 Å². The van der Waals surface area contributed by atoms with Crippen molar-refractivity contribution in [3.8, 4) is 0 Å². The van der Waals surface area contributed by atoms with Crippen molar-refractivity contribution >= 4 is 5.91 Å². The van der Waals surface area contributed by atoms with E-state index in [0.717, 1.165) is 19.0 Å². The van der Waals surface area contributed by atoms with Gasteiger partial charge in [0.2, 0.25) is 5.91 Å². The molecule has 1 aliphatic heterocycles. The van der Waals surface area contributed by atoms with Crippen LogP contribution in [0.25, 0.3) is 0 Å². The van der Waals surface area contributed by atoms with Crippen molar-refractivity contribution in [1.29, 1.82) is 0 Å². The van der Waals surface area contributed by atoms with Crippen molar-refractivity contribution in [2.45, 2.75) is 46.6 Å². The highest BCUT2D eigenvalue weighted by molar-refractivity contribution is 5.79. The average Bonchev–Trinajstić information content (AvgIpc) is 2.21. The average molecular weight is 200 g/mol. The zero-order valence-electron chi connectivity index (χ0n) is 9.92. The minimum atomic E-state index is -0.204. The SMILES string of the molecule is CC.CC1CCN(C(C)C(N)=O)CC1. The second-order valence-electron chi connectivity index (χ2n) is 3.80. The molecule has 1 aliphatic rings. The molecule has 0 radical (unpaired) electrons. The van der Waals surface area contributed by atoms with Gasteiger partial charge in [-0.05, 0) is 38.8 Å². The van der Waals surface area contributed by atoms with E-state index in [2.05, 4.69) is 11.8 Å². The monoisotopic (exact) mass is 200 g/mol. The first kappa shape index (κ1) is 13.4. The molecule has 1 rings (SSSR count). The van der Waals surface area contributed by atoms with Gasteiger partial charge < -0.3 is 5.73 Å². The molecule has 0 aromatic heterocycles. The second kappa shape index (κ2) is 6.82. The largest absolute Gasteiger partial charge is 0.368 e. The standard InChI is InChI=1S/C9H18N2O.C2H6/c1-7-3-5-11(6-4-7)8(2)9(10)12;1-2/h7-8H,3-6H2,1-2H3,(H2,10,12);1-2H3. The van der Waals surface area contributed by atoms with Crippen molar-refractivity contribution in [2.24, 2.45) is 11.7 Å². The van der Waals surface area contributed by atoms with Gasteiger partial charge in [0.15, 0.2) is 0 Å². The third kappa shape index (κ3) is 4.09. The summed E-state index contributed by atoms with van der Waals surface area (Å²) in [5, 5.41) is 0. The maximum absolute atomic E-state index is 10.9. The van der Waals surface area contributed by atoms with Gasteiger partial charge in [-0.2, -0.15) is 0 Å². The molecule has 1 saturated heterocycles. The van der Waals surface area contributed by atoms with Gasteiger partial charge in [0.25, 0.3) is 0 Å². The van der Waals surface area contributed by atoms with Crippen LogP contribution in [0.15, 0.2) is 0 Å². The van der Waals surface area contributed by atoms with Gasteiger partial charge in [-0.15, -0.1) is 0 Å². The number of carbonyl (C=O) groups excluding carboxylic acids is 1. The van der Waals surface area contributed by atoms with Gasteiger partial charge in [-0.25, -0.2) is 0 Å². The van der Waals surface area contributed by atoms with E-state index >= 15 is 0 Å². The van der Waals surface area contributed by atoms with Gasteiger partial charge in [0, 0.05) is 0 Å². The maximum atomic E-state index is 10.9. The summed E-state index contributed by atoms with van der Waals surface area (Å²) in [4.78, 5) is 13.0. The summed E-state index contributed by atoms with van der Waals surface area (Å²) in [6.45, 7) is 10.2. The minimum Gasteiger partial charge on any atom is -0.368 e. The number of hydrogen-bond donors (Lipinski definition) is 1. The molecular weight excluding hydrogens is 176 g/mol. The molecule has 3 heteroatoms. The lowest BCUT2D eigenvalue weighted by atomic mass is 9.98. The van der Waals surface area contributed by atoms with Crippen molar-refractivity contribution < 1.29 is 4.79 Å². The first-order chi connectivity index (χ1) is 6.61. The van der Waals surface area contributed by atoms with Crippen LogP contribution in [0.5, 0.6) is 0 Å². The Hall–Kier alpha value is -0.570. The van der Waals surface area contributed by atoms with Crippen LogP contribution < -0.4 is 5.73 Å². The summed E-state index contributed by atoms with van der Waals surface area (Å²) in [7, 11) is 0. The molecule has 0 aliphatic carbocycles. The Balaban J connectivity index is 0.000000791. The molecule has 1 atom stereocenters. The van der Waals surface area contributed by atoms with Crippen LogP contribution in [-0.4, -0.2) is 29.9 Å². The summed E-state index contributed by atoms with van der Waals surface area (Å²) < 4.78 is 0. The van der Waals surface area contributed by atoms with E-state index in [4.69, 9.17) is 5.73 Å². The highest BCUT2D eigenvalue weighted by Crippen LogP contribution is 2.17. The summed E-state index contributed by atoms with van der Waals surface area (Å²) in [5.74, 6) is 0.603. The fourth-order valence-corrected chi connectivity index (χ4v) is 1.60. The summed E-state index contributed by atoms with van der Waals surface area (Å²) in [5.41, 5.74) is 5.22. The summed E-state index contributed by atoms with van der Waals surface area (Å²) >= 11 is 0. The quantitative estimate of drug-likeness (QED) is 0.736. The summed E-state index contributed by atoms with van der Waals surface area (Å²) in [6.07, 6.45) is 2.38. The number of rotatable bonds is 2. The zero-order valence-corrected chi connectivity index (χ0v) is 9.92. The Kier molecular flexibility index (Phi) is 6.54. The molecule has 14 heavy (non-hydrogen) atoms. The highest BCUT2D eigenvalue weighted by atomic mass is 16.1. The van der Waals surface area contributed by atoms with Gasteiger partial charge in [-0.1, -0.05) is 20.8 Å². The van der Waals surface area contributed by atoms with Crippen LogP contribution in [0, 0.1) is 5.92 Å². The van der Waals surface area contributed by atoms with E-state index in [1.165, 1.54) is 12.8 Å². The third-order valence-electron chi connectivity index (χ3n) is 2.78. The number of nitrogens with zero attached hydrogens (tertiary/aromatic N) is 1. The number of hydrogen-bond acceptors (Lipinski definition) is 2. The number of likely N-dealkylation sites (tertiary alicyclic amines) is 1. The Bertz CT molecular complexity index is 163. The first-order valence-electron chi connectivity index (χ1n) is 5.64. The van der Waals surface area contributed by atoms with E-state index in [-0.39, 0.29) is 11.9 Å². The number of amides is 1. The van der Waals surface area contributed by atoms with Crippen molar-refractivity contribution in [3.05, 3.63) is 0 Å². The van der Waals surface area contributed by atoms with Crippen LogP contribution in [0.4, 0.5) is 0 Å². The van der Waals surface area contributed by atoms with E-state index in [9.17, 15) is 4.79 Å². The van der Waals surface area contributed by atoms with Crippen LogP contribution in [0.3, 0.4) is 0 Å². The van der Waals surface area contributed by atoms with E-state index in [1.807, 2.05) is 20.8 Å². The van der Waals surface area contributed by atoms with E-state index in [0.29, 0.717) is 0 Å². The molecule has 84 valence electrons. The predicted molar refractivity (Wildman–Crippen MR) is 60.0 cm³/mol. The molecule has 2 N–H and O–H groups in total. The Morgan fingerprint density at radius 3 is 2.14 bits per heavy atom. The fraction of sp³-hybridized carbons (Fsp3) is 0.909. The van der Waals surface area contributed by atoms with Crippen molar-refractivity contribution in [2.75, 3.05) is 13.1 Å². The predicted octanol–water partition coefficient (Wildman–Crippen LogP) is 1.62. The lowest BCUT2D eigenvalue weighted by Gasteiger charge is -2.33. The molecule has 0 aromatic rings. The van der Waals surface area contributed by atoms with Crippen LogP contribution >= 0.6 is 0 Å². The van der Waals surface area contributed by atoms with Gasteiger partial charge in [0.05, 0.1) is 6.04 Å². The normalized spacial score (nSPS) is 20.9. The highest BCUT2D eigenvalue weighted by Gasteiger charge is 2.22. The number of piperidine rings is 1. The van der Waals surface area contributed by atoms with Gasteiger partial charge >= 0.3 is 0 Å². The number of nitrogens with two attached hydrogens (primary N) is 1. The number of primary amides is 1. The number of carbonyl (C=O) groups is 1. The Morgan fingerprint density at radius 2 is 1.79 bits per heavy atom.